The third-order valence-electron chi connectivity index (χ3n) is 3.95. The van der Waals surface area contributed by atoms with Crippen molar-refractivity contribution in [2.24, 2.45) is 15.3 Å². The molecule has 3 N–H and O–H groups in total. The maximum absolute atomic E-state index is 11.9. The van der Waals surface area contributed by atoms with Crippen LogP contribution in [0.3, 0.4) is 0 Å². The topological polar surface area (TPSA) is 98.4 Å². The number of azo groups is 1. The molecule has 0 aromatic heterocycles. The van der Waals surface area contributed by atoms with Gasteiger partial charge in [0.1, 0.15) is 5.75 Å². The summed E-state index contributed by atoms with van der Waals surface area (Å²) in [7, 11) is 0. The number of aryl methyl sites for hydroxylation is 1. The Balaban J connectivity index is 1.56. The zero-order chi connectivity index (χ0) is 20.5. The molecule has 0 radical (unpaired) electrons. The highest BCUT2D eigenvalue weighted by Crippen LogP contribution is 2.23. The molecule has 7 heteroatoms. The van der Waals surface area contributed by atoms with Gasteiger partial charge in [-0.1, -0.05) is 35.9 Å². The van der Waals surface area contributed by atoms with Gasteiger partial charge in [-0.25, -0.2) is 5.43 Å². The van der Waals surface area contributed by atoms with Crippen molar-refractivity contribution in [2.45, 2.75) is 6.92 Å². The molecule has 0 bridgehead atoms. The van der Waals surface area contributed by atoms with Crippen LogP contribution in [0.1, 0.15) is 11.1 Å². The third kappa shape index (κ3) is 6.28. The van der Waals surface area contributed by atoms with Gasteiger partial charge in [0, 0.05) is 11.3 Å². The number of anilines is 1. The van der Waals surface area contributed by atoms with Gasteiger partial charge >= 0.3 is 0 Å². The Labute approximate surface area is 168 Å². The number of carbonyl (C=O) groups is 1. The normalized spacial score (nSPS) is 11.1. The molecule has 29 heavy (non-hydrogen) atoms. The fourth-order valence-electron chi connectivity index (χ4n) is 2.38. The number of nitrogens with zero attached hydrogens (tertiary/aromatic N) is 3. The minimum atomic E-state index is -0.304. The predicted molar refractivity (Wildman–Crippen MR) is 114 cm³/mol. The summed E-state index contributed by atoms with van der Waals surface area (Å²) in [5.74, 6) is -0.277. The van der Waals surface area contributed by atoms with Crippen LogP contribution in [0, 0.1) is 6.92 Å². The number of hydrogen-bond donors (Lipinski definition) is 3. The maximum atomic E-state index is 11.9. The number of nitrogens with one attached hydrogen (secondary N) is 2. The number of hydrogen-bond acceptors (Lipinski definition) is 6. The summed E-state index contributed by atoms with van der Waals surface area (Å²) in [6.45, 7) is 2.08. The van der Waals surface area contributed by atoms with Crippen LogP contribution in [0.2, 0.25) is 0 Å². The van der Waals surface area contributed by atoms with Gasteiger partial charge in [-0.15, -0.1) is 0 Å². The van der Waals surface area contributed by atoms with E-state index in [1.165, 1.54) is 12.3 Å². The molecule has 146 valence electrons. The Bertz CT molecular complexity index is 1020. The summed E-state index contributed by atoms with van der Waals surface area (Å²) in [5, 5.41) is 25.2. The minimum absolute atomic E-state index is 0.0273. The van der Waals surface area contributed by atoms with Gasteiger partial charge in [0.2, 0.25) is 0 Å². The van der Waals surface area contributed by atoms with Crippen LogP contribution in [-0.4, -0.2) is 23.8 Å². The van der Waals surface area contributed by atoms with Crippen LogP contribution in [0.15, 0.2) is 88.1 Å². The third-order valence-corrected chi connectivity index (χ3v) is 3.95. The summed E-state index contributed by atoms with van der Waals surface area (Å²) >= 11 is 0. The van der Waals surface area contributed by atoms with Gasteiger partial charge in [0.05, 0.1) is 24.1 Å². The number of carbonyl (C=O) groups excluding carboxylic acids is 1. The van der Waals surface area contributed by atoms with E-state index in [1.54, 1.807) is 12.1 Å². The molecule has 3 aromatic rings. The first-order valence-corrected chi connectivity index (χ1v) is 9.02. The van der Waals surface area contributed by atoms with E-state index in [-0.39, 0.29) is 18.2 Å². The van der Waals surface area contributed by atoms with Crippen molar-refractivity contribution >= 4 is 29.2 Å². The van der Waals surface area contributed by atoms with E-state index < -0.39 is 0 Å². The lowest BCUT2D eigenvalue weighted by molar-refractivity contribution is -0.119. The van der Waals surface area contributed by atoms with Crippen molar-refractivity contribution in [3.63, 3.8) is 0 Å². The molecule has 1 amide bonds. The molecule has 0 unspecified atom stereocenters. The van der Waals surface area contributed by atoms with Crippen LogP contribution < -0.4 is 10.7 Å². The number of benzene rings is 3. The number of phenolic OH excluding ortho intramolecular Hbond substituents is 1. The van der Waals surface area contributed by atoms with Crippen LogP contribution in [-0.2, 0) is 4.79 Å². The van der Waals surface area contributed by atoms with E-state index in [9.17, 15) is 9.90 Å². The molecular formula is C22H21N5O2. The molecule has 0 atom stereocenters. The SMILES string of the molecule is Cc1ccc(NCC(=O)N/N=C/c2cc(N=Nc3ccccc3)ccc2O)cc1. The van der Waals surface area contributed by atoms with Gasteiger partial charge < -0.3 is 10.4 Å². The fraction of sp³-hybridized carbons (Fsp3) is 0.0909. The monoisotopic (exact) mass is 387 g/mol. The highest BCUT2D eigenvalue weighted by atomic mass is 16.3. The number of hydrazone groups is 1. The van der Waals surface area contributed by atoms with E-state index in [0.29, 0.717) is 11.3 Å². The van der Waals surface area contributed by atoms with E-state index in [1.807, 2.05) is 61.5 Å². The van der Waals surface area contributed by atoms with Gasteiger partial charge in [-0.2, -0.15) is 15.3 Å². The number of phenols is 1. The molecule has 0 aliphatic heterocycles. The maximum Gasteiger partial charge on any atom is 0.259 e. The van der Waals surface area contributed by atoms with Crippen molar-refractivity contribution in [3.8, 4) is 5.75 Å². The van der Waals surface area contributed by atoms with Crippen LogP contribution in [0.25, 0.3) is 0 Å². The first-order chi connectivity index (χ1) is 14.1. The van der Waals surface area contributed by atoms with Crippen LogP contribution in [0.5, 0.6) is 5.75 Å². The second-order valence-corrected chi connectivity index (χ2v) is 6.29. The lowest BCUT2D eigenvalue weighted by Crippen LogP contribution is -2.25. The Morgan fingerprint density at radius 3 is 2.45 bits per heavy atom. The van der Waals surface area contributed by atoms with Crippen molar-refractivity contribution < 1.29 is 9.90 Å². The van der Waals surface area contributed by atoms with E-state index in [0.717, 1.165) is 16.9 Å². The van der Waals surface area contributed by atoms with Crippen LogP contribution >= 0.6 is 0 Å². The summed E-state index contributed by atoms with van der Waals surface area (Å²) in [6.07, 6.45) is 1.36. The highest BCUT2D eigenvalue weighted by Gasteiger charge is 2.02. The van der Waals surface area contributed by atoms with Crippen LogP contribution in [0.4, 0.5) is 17.1 Å². The molecule has 7 nitrogen and oxygen atoms in total. The molecule has 3 aromatic carbocycles. The number of aromatic hydroxyl groups is 1. The Morgan fingerprint density at radius 1 is 0.966 bits per heavy atom. The van der Waals surface area contributed by atoms with E-state index in [4.69, 9.17) is 0 Å². The lowest BCUT2D eigenvalue weighted by atomic mass is 10.2. The second kappa shape index (κ2) is 9.80. The quantitative estimate of drug-likeness (QED) is 0.312. The molecule has 0 aliphatic carbocycles. The first-order valence-electron chi connectivity index (χ1n) is 9.02. The van der Waals surface area contributed by atoms with E-state index >= 15 is 0 Å². The molecule has 3 rings (SSSR count). The van der Waals surface area contributed by atoms with Gasteiger partial charge in [0.25, 0.3) is 5.91 Å². The predicted octanol–water partition coefficient (Wildman–Crippen LogP) is 4.68. The molecule has 0 fully saturated rings. The van der Waals surface area contributed by atoms with Gasteiger partial charge in [0.15, 0.2) is 0 Å². The molecular weight excluding hydrogens is 366 g/mol. The zero-order valence-corrected chi connectivity index (χ0v) is 15.9. The highest BCUT2D eigenvalue weighted by molar-refractivity contribution is 5.87. The number of rotatable bonds is 7. The summed E-state index contributed by atoms with van der Waals surface area (Å²) in [4.78, 5) is 11.9. The Hall–Kier alpha value is -4.00. The summed E-state index contributed by atoms with van der Waals surface area (Å²) in [5.41, 5.74) is 6.12. The van der Waals surface area contributed by atoms with Crippen molar-refractivity contribution in [1.82, 2.24) is 5.43 Å². The molecule has 0 heterocycles. The smallest absolute Gasteiger partial charge is 0.259 e. The molecule has 0 saturated heterocycles. The van der Waals surface area contributed by atoms with Crippen molar-refractivity contribution in [2.75, 3.05) is 11.9 Å². The fourth-order valence-corrected chi connectivity index (χ4v) is 2.38. The van der Waals surface area contributed by atoms with Gasteiger partial charge in [-0.05, 0) is 49.4 Å². The summed E-state index contributed by atoms with van der Waals surface area (Å²) in [6, 6.07) is 21.8. The Kier molecular flexibility index (Phi) is 6.67. The van der Waals surface area contributed by atoms with Crippen molar-refractivity contribution in [1.29, 1.82) is 0 Å². The molecule has 0 spiro atoms. The second-order valence-electron chi connectivity index (χ2n) is 6.29. The van der Waals surface area contributed by atoms with Gasteiger partial charge in [-0.3, -0.25) is 4.79 Å². The largest absolute Gasteiger partial charge is 0.507 e. The first kappa shape index (κ1) is 19.8. The summed E-state index contributed by atoms with van der Waals surface area (Å²) < 4.78 is 0. The van der Waals surface area contributed by atoms with Crippen molar-refractivity contribution in [3.05, 3.63) is 83.9 Å². The van der Waals surface area contributed by atoms with E-state index in [2.05, 4.69) is 26.1 Å². The average molecular weight is 387 g/mol. The standard InChI is InChI=1S/C22H21N5O2/c1-16-7-9-18(10-8-16)23-15-22(29)27-24-14-17-13-20(11-12-21(17)28)26-25-19-5-3-2-4-6-19/h2-14,23,28H,15H2,1H3,(H,27,29)/b24-14+,26-25?. The minimum Gasteiger partial charge on any atom is -0.507 e. The Morgan fingerprint density at radius 2 is 1.69 bits per heavy atom. The molecule has 0 saturated carbocycles. The lowest BCUT2D eigenvalue weighted by Gasteiger charge is -2.05. The molecule has 0 aliphatic rings. The average Bonchev–Trinajstić information content (AvgIpc) is 2.74. The number of amides is 1. The zero-order valence-electron chi connectivity index (χ0n) is 15.9.